The van der Waals surface area contributed by atoms with Gasteiger partial charge in [0.2, 0.25) is 0 Å². The van der Waals surface area contributed by atoms with Gasteiger partial charge in [0.25, 0.3) is 15.9 Å². The van der Waals surface area contributed by atoms with Crippen molar-refractivity contribution in [3.63, 3.8) is 0 Å². The van der Waals surface area contributed by atoms with Gasteiger partial charge in [-0.2, -0.15) is 0 Å². The quantitative estimate of drug-likeness (QED) is 0.518. The number of carbonyl (C=O) groups is 1. The number of ether oxygens (including phenoxy) is 1. The molecule has 0 saturated heterocycles. The molecule has 1 aliphatic rings. The van der Waals surface area contributed by atoms with E-state index in [1.54, 1.807) is 24.3 Å². The average Bonchev–Trinajstić information content (AvgIpc) is 2.79. The van der Waals surface area contributed by atoms with Crippen molar-refractivity contribution in [2.75, 3.05) is 22.8 Å². The van der Waals surface area contributed by atoms with E-state index in [0.29, 0.717) is 22.9 Å². The van der Waals surface area contributed by atoms with Crippen LogP contribution in [0.15, 0.2) is 71.6 Å². The Kier molecular flexibility index (Phi) is 6.60. The molecule has 32 heavy (non-hydrogen) atoms. The topological polar surface area (TPSA) is 75.7 Å². The van der Waals surface area contributed by atoms with Crippen molar-refractivity contribution in [3.05, 3.63) is 82.3 Å². The molecule has 0 unspecified atom stereocenters. The minimum absolute atomic E-state index is 0.0621. The summed E-state index contributed by atoms with van der Waals surface area (Å²) in [4.78, 5) is 12.2. The van der Waals surface area contributed by atoms with Crippen LogP contribution >= 0.6 is 23.2 Å². The third-order valence-electron chi connectivity index (χ3n) is 5.07. The molecule has 3 aromatic rings. The standard InChI is InChI=1S/C23H20Cl2N2O4S/c24-18-8-2-3-9-20(18)26-23(28)15-31-22-12-11-17(14-19(22)25)32(29,30)27-13-5-7-16-6-1-4-10-21(16)27/h1-4,6,8-12,14H,5,7,13,15H2,(H,26,28). The molecule has 0 bridgehead atoms. The van der Waals surface area contributed by atoms with Gasteiger partial charge in [0.05, 0.1) is 26.3 Å². The van der Waals surface area contributed by atoms with E-state index in [4.69, 9.17) is 27.9 Å². The van der Waals surface area contributed by atoms with Crippen LogP contribution in [0.3, 0.4) is 0 Å². The first-order valence-corrected chi connectivity index (χ1v) is 12.1. The van der Waals surface area contributed by atoms with Crippen LogP contribution < -0.4 is 14.4 Å². The Morgan fingerprint density at radius 2 is 1.75 bits per heavy atom. The van der Waals surface area contributed by atoms with E-state index >= 15 is 0 Å². The number of fused-ring (bicyclic) bond motifs is 1. The predicted molar refractivity (Wildman–Crippen MR) is 126 cm³/mol. The number of hydrogen-bond donors (Lipinski definition) is 1. The van der Waals surface area contributed by atoms with E-state index in [0.717, 1.165) is 18.4 Å². The van der Waals surface area contributed by atoms with E-state index in [9.17, 15) is 13.2 Å². The van der Waals surface area contributed by atoms with Crippen molar-refractivity contribution in [3.8, 4) is 5.75 Å². The Balaban J connectivity index is 1.48. The van der Waals surface area contributed by atoms with Gasteiger partial charge in [-0.25, -0.2) is 8.42 Å². The van der Waals surface area contributed by atoms with Crippen molar-refractivity contribution in [1.29, 1.82) is 0 Å². The van der Waals surface area contributed by atoms with E-state index < -0.39 is 15.9 Å². The molecule has 0 aromatic heterocycles. The summed E-state index contributed by atoms with van der Waals surface area (Å²) in [6, 6.07) is 18.5. The molecule has 0 aliphatic carbocycles. The number of nitrogens with one attached hydrogen (secondary N) is 1. The zero-order chi connectivity index (χ0) is 22.7. The number of halogens is 2. The smallest absolute Gasteiger partial charge is 0.264 e. The zero-order valence-electron chi connectivity index (χ0n) is 16.9. The lowest BCUT2D eigenvalue weighted by Gasteiger charge is -2.30. The SMILES string of the molecule is O=C(COc1ccc(S(=O)(=O)N2CCCc3ccccc32)cc1Cl)Nc1ccccc1Cl. The van der Waals surface area contributed by atoms with Crippen molar-refractivity contribution in [1.82, 2.24) is 0 Å². The van der Waals surface area contributed by atoms with Crippen molar-refractivity contribution in [2.45, 2.75) is 17.7 Å². The molecule has 6 nitrogen and oxygen atoms in total. The molecular weight excluding hydrogens is 471 g/mol. The van der Waals surface area contributed by atoms with E-state index in [-0.39, 0.29) is 22.3 Å². The number of rotatable bonds is 6. The molecule has 0 saturated carbocycles. The summed E-state index contributed by atoms with van der Waals surface area (Å²) in [6.45, 7) is 0.0912. The maximum atomic E-state index is 13.3. The number of carbonyl (C=O) groups excluding carboxylic acids is 1. The number of nitrogens with zero attached hydrogens (tertiary/aromatic N) is 1. The fourth-order valence-electron chi connectivity index (χ4n) is 3.53. The number of benzene rings is 3. The van der Waals surface area contributed by atoms with Crippen LogP contribution in [0.5, 0.6) is 5.75 Å². The minimum Gasteiger partial charge on any atom is -0.482 e. The lowest BCUT2D eigenvalue weighted by Crippen LogP contribution is -2.35. The highest BCUT2D eigenvalue weighted by Gasteiger charge is 2.29. The first kappa shape index (κ1) is 22.5. The maximum absolute atomic E-state index is 13.3. The summed E-state index contributed by atoms with van der Waals surface area (Å²) >= 11 is 12.3. The Bertz CT molecular complexity index is 1260. The lowest BCUT2D eigenvalue weighted by atomic mass is 10.0. The van der Waals surface area contributed by atoms with Gasteiger partial charge in [-0.15, -0.1) is 0 Å². The van der Waals surface area contributed by atoms with Gasteiger partial charge in [0.1, 0.15) is 5.75 Å². The molecule has 0 atom stereocenters. The van der Waals surface area contributed by atoms with Crippen molar-refractivity contribution < 1.29 is 17.9 Å². The molecule has 3 aromatic carbocycles. The number of amides is 1. The molecule has 0 fully saturated rings. The second-order valence-corrected chi connectivity index (χ2v) is 9.90. The third-order valence-corrected chi connectivity index (χ3v) is 7.50. The molecule has 1 heterocycles. The van der Waals surface area contributed by atoms with Crippen molar-refractivity contribution >= 4 is 50.5 Å². The summed E-state index contributed by atoms with van der Waals surface area (Å²) in [6.07, 6.45) is 1.58. The summed E-state index contributed by atoms with van der Waals surface area (Å²) in [5, 5.41) is 3.16. The molecule has 166 valence electrons. The number of aryl methyl sites for hydroxylation is 1. The van der Waals surface area contributed by atoms with Gasteiger partial charge in [0, 0.05) is 6.54 Å². The number of anilines is 2. The molecule has 1 amide bonds. The van der Waals surface area contributed by atoms with E-state index in [1.807, 2.05) is 24.3 Å². The fraction of sp³-hybridized carbons (Fsp3) is 0.174. The number of para-hydroxylation sites is 2. The normalized spacial score (nSPS) is 13.4. The molecule has 1 aliphatic heterocycles. The predicted octanol–water partition coefficient (Wildman–Crippen LogP) is 5.15. The second-order valence-electron chi connectivity index (χ2n) is 7.22. The van der Waals surface area contributed by atoms with Gasteiger partial charge in [-0.3, -0.25) is 9.10 Å². The number of hydrogen-bond acceptors (Lipinski definition) is 4. The summed E-state index contributed by atoms with van der Waals surface area (Å²) in [7, 11) is -3.79. The van der Waals surface area contributed by atoms with Crippen LogP contribution in [0, 0.1) is 0 Å². The maximum Gasteiger partial charge on any atom is 0.264 e. The van der Waals surface area contributed by atoms with Crippen molar-refractivity contribution in [2.24, 2.45) is 0 Å². The molecule has 0 radical (unpaired) electrons. The van der Waals surface area contributed by atoms with Crippen LogP contribution in [0.4, 0.5) is 11.4 Å². The molecule has 9 heteroatoms. The summed E-state index contributed by atoms with van der Waals surface area (Å²) < 4.78 is 33.4. The Hall–Kier alpha value is -2.74. The summed E-state index contributed by atoms with van der Waals surface area (Å²) in [5.41, 5.74) is 2.15. The number of sulfonamides is 1. The average molecular weight is 491 g/mol. The Labute approximate surface area is 196 Å². The fourth-order valence-corrected chi connectivity index (χ4v) is 5.58. The first-order chi connectivity index (χ1) is 15.4. The molecule has 1 N–H and O–H groups in total. The van der Waals surface area contributed by atoms with Crippen LogP contribution in [0.2, 0.25) is 10.0 Å². The van der Waals surface area contributed by atoms with Gasteiger partial charge in [-0.1, -0.05) is 53.5 Å². The highest BCUT2D eigenvalue weighted by molar-refractivity contribution is 7.92. The van der Waals surface area contributed by atoms with Crippen LogP contribution in [-0.4, -0.2) is 27.5 Å². The summed E-state index contributed by atoms with van der Waals surface area (Å²) in [5.74, 6) is -0.213. The lowest BCUT2D eigenvalue weighted by molar-refractivity contribution is -0.118. The van der Waals surface area contributed by atoms with Crippen LogP contribution in [0.25, 0.3) is 0 Å². The van der Waals surface area contributed by atoms with Gasteiger partial charge < -0.3 is 10.1 Å². The van der Waals surface area contributed by atoms with Gasteiger partial charge in [-0.05, 0) is 54.8 Å². The molecular formula is C23H20Cl2N2O4S. The monoisotopic (exact) mass is 490 g/mol. The van der Waals surface area contributed by atoms with Gasteiger partial charge >= 0.3 is 0 Å². The Morgan fingerprint density at radius 1 is 1.00 bits per heavy atom. The molecule has 4 rings (SSSR count). The Morgan fingerprint density at radius 3 is 2.53 bits per heavy atom. The third kappa shape index (κ3) is 4.70. The van der Waals surface area contributed by atoms with E-state index in [2.05, 4.69) is 5.32 Å². The highest BCUT2D eigenvalue weighted by atomic mass is 35.5. The van der Waals surface area contributed by atoms with E-state index in [1.165, 1.54) is 22.5 Å². The highest BCUT2D eigenvalue weighted by Crippen LogP contribution is 2.34. The zero-order valence-corrected chi connectivity index (χ0v) is 19.3. The largest absolute Gasteiger partial charge is 0.482 e. The minimum atomic E-state index is -3.79. The second kappa shape index (κ2) is 9.40. The first-order valence-electron chi connectivity index (χ1n) is 9.93. The van der Waals surface area contributed by atoms with Gasteiger partial charge in [0.15, 0.2) is 6.61 Å². The van der Waals surface area contributed by atoms with Crippen LogP contribution in [0.1, 0.15) is 12.0 Å². The van der Waals surface area contributed by atoms with Crippen LogP contribution in [-0.2, 0) is 21.2 Å². The molecule has 0 spiro atoms.